The third-order valence-corrected chi connectivity index (χ3v) is 11.6. The minimum absolute atomic E-state index is 0.920. The third kappa shape index (κ3) is 3.94. The predicted octanol–water partition coefficient (Wildman–Crippen LogP) is 14.4. The van der Waals surface area contributed by atoms with Crippen molar-refractivity contribution in [1.29, 1.82) is 0 Å². The van der Waals surface area contributed by atoms with Gasteiger partial charge in [0, 0.05) is 36.5 Å². The van der Waals surface area contributed by atoms with Gasteiger partial charge in [-0.3, -0.25) is 0 Å². The molecule has 11 rings (SSSR count). The number of rotatable bonds is 3. The molecular formula is C48H28OS. The van der Waals surface area contributed by atoms with Crippen LogP contribution in [0.4, 0.5) is 0 Å². The first-order valence-electron chi connectivity index (χ1n) is 17.1. The van der Waals surface area contributed by atoms with E-state index in [1.54, 1.807) is 0 Å². The molecule has 2 heteroatoms. The van der Waals surface area contributed by atoms with E-state index in [4.69, 9.17) is 4.42 Å². The average Bonchev–Trinajstić information content (AvgIpc) is 3.76. The number of para-hydroxylation sites is 1. The number of fused-ring (bicyclic) bond motifs is 11. The molecule has 0 radical (unpaired) electrons. The molecule has 232 valence electrons. The minimum atomic E-state index is 0.920. The van der Waals surface area contributed by atoms with Crippen molar-refractivity contribution >= 4 is 85.8 Å². The van der Waals surface area contributed by atoms with Crippen LogP contribution in [0.15, 0.2) is 174 Å². The Morgan fingerprint density at radius 2 is 0.960 bits per heavy atom. The van der Waals surface area contributed by atoms with E-state index in [0.717, 1.165) is 27.7 Å². The van der Waals surface area contributed by atoms with Crippen LogP contribution in [0.2, 0.25) is 0 Å². The number of benzene rings is 9. The molecule has 0 aliphatic heterocycles. The van der Waals surface area contributed by atoms with E-state index in [2.05, 4.69) is 170 Å². The maximum atomic E-state index is 6.79. The molecule has 0 N–H and O–H groups in total. The Morgan fingerprint density at radius 1 is 0.380 bits per heavy atom. The van der Waals surface area contributed by atoms with Crippen LogP contribution in [0.1, 0.15) is 0 Å². The van der Waals surface area contributed by atoms with Crippen molar-refractivity contribution in [3.05, 3.63) is 170 Å². The average molecular weight is 653 g/mol. The lowest BCUT2D eigenvalue weighted by atomic mass is 9.85. The Bertz CT molecular complexity index is 3090. The van der Waals surface area contributed by atoms with Gasteiger partial charge in [-0.2, -0.15) is 0 Å². The second-order valence-corrected chi connectivity index (χ2v) is 14.2. The lowest BCUT2D eigenvalue weighted by Crippen LogP contribution is -1.91. The Labute approximate surface area is 292 Å². The van der Waals surface area contributed by atoms with Gasteiger partial charge in [-0.15, -0.1) is 11.3 Å². The first-order chi connectivity index (χ1) is 24.8. The molecule has 0 spiro atoms. The molecule has 50 heavy (non-hydrogen) atoms. The van der Waals surface area contributed by atoms with Gasteiger partial charge in [0.1, 0.15) is 11.2 Å². The second kappa shape index (κ2) is 10.6. The highest BCUT2D eigenvalue weighted by atomic mass is 32.1. The van der Waals surface area contributed by atoms with Gasteiger partial charge < -0.3 is 4.42 Å². The largest absolute Gasteiger partial charge is 0.455 e. The normalized spacial score (nSPS) is 12.0. The van der Waals surface area contributed by atoms with Crippen molar-refractivity contribution in [2.24, 2.45) is 0 Å². The molecule has 0 fully saturated rings. The minimum Gasteiger partial charge on any atom is -0.455 e. The Hall–Kier alpha value is -6.22. The summed E-state index contributed by atoms with van der Waals surface area (Å²) in [7, 11) is 0. The van der Waals surface area contributed by atoms with Crippen LogP contribution in [-0.4, -0.2) is 0 Å². The first-order valence-corrected chi connectivity index (χ1v) is 17.9. The number of furan rings is 1. The smallest absolute Gasteiger partial charge is 0.144 e. The molecule has 0 aliphatic rings. The highest BCUT2D eigenvalue weighted by Crippen LogP contribution is 2.49. The zero-order chi connectivity index (χ0) is 32.8. The summed E-state index contributed by atoms with van der Waals surface area (Å²) in [5.74, 6) is 0. The maximum Gasteiger partial charge on any atom is 0.144 e. The molecular weight excluding hydrogens is 625 g/mol. The van der Waals surface area contributed by atoms with Gasteiger partial charge >= 0.3 is 0 Å². The topological polar surface area (TPSA) is 13.1 Å². The molecule has 9 aromatic carbocycles. The van der Waals surface area contributed by atoms with E-state index >= 15 is 0 Å². The van der Waals surface area contributed by atoms with Gasteiger partial charge in [0.15, 0.2) is 0 Å². The van der Waals surface area contributed by atoms with Gasteiger partial charge in [0.25, 0.3) is 0 Å². The van der Waals surface area contributed by atoms with E-state index in [1.807, 2.05) is 11.3 Å². The van der Waals surface area contributed by atoms with Gasteiger partial charge in [0.05, 0.1) is 0 Å². The van der Waals surface area contributed by atoms with Crippen molar-refractivity contribution < 1.29 is 4.42 Å². The standard InChI is InChI=1S/C48H28OS/c1-2-14-30(15-3-1)43-34-19-6-8-21-36(34)44(37-22-9-7-20-35(37)43)32-17-12-16-31(27-32)39-28-40-45-33-18-5-4-13-29(33)25-26-42(45)50-48(40)46-38-23-10-11-24-41(38)49-47(39)46/h1-28H. The molecule has 2 aromatic heterocycles. The zero-order valence-electron chi connectivity index (χ0n) is 27.0. The van der Waals surface area contributed by atoms with Crippen molar-refractivity contribution in [2.75, 3.05) is 0 Å². The molecule has 0 atom stereocenters. The predicted molar refractivity (Wildman–Crippen MR) is 215 cm³/mol. The monoisotopic (exact) mass is 652 g/mol. The van der Waals surface area contributed by atoms with Crippen LogP contribution in [0.25, 0.3) is 108 Å². The molecule has 0 amide bonds. The van der Waals surface area contributed by atoms with Gasteiger partial charge in [-0.25, -0.2) is 0 Å². The van der Waals surface area contributed by atoms with Crippen molar-refractivity contribution in [2.45, 2.75) is 0 Å². The zero-order valence-corrected chi connectivity index (χ0v) is 27.8. The van der Waals surface area contributed by atoms with Crippen LogP contribution >= 0.6 is 11.3 Å². The molecule has 0 saturated heterocycles. The van der Waals surface area contributed by atoms with Gasteiger partial charge in [-0.05, 0) is 84.4 Å². The van der Waals surface area contributed by atoms with E-state index < -0.39 is 0 Å². The van der Waals surface area contributed by atoms with Crippen molar-refractivity contribution in [3.8, 4) is 33.4 Å². The summed E-state index contributed by atoms with van der Waals surface area (Å²) in [6.45, 7) is 0. The lowest BCUT2D eigenvalue weighted by Gasteiger charge is -2.18. The molecule has 1 nitrogen and oxygen atoms in total. The fraction of sp³-hybridized carbons (Fsp3) is 0. The molecule has 0 aliphatic carbocycles. The SMILES string of the molecule is c1ccc(-c2c3ccccc3c(-c3cccc(-c4cc5c(sc6ccc7ccccc7c65)c5c4oc4ccccc45)c3)c3ccccc23)cc1. The van der Waals surface area contributed by atoms with Gasteiger partial charge in [-0.1, -0.05) is 146 Å². The Morgan fingerprint density at radius 3 is 1.70 bits per heavy atom. The Balaban J connectivity index is 1.24. The molecule has 0 saturated carbocycles. The highest BCUT2D eigenvalue weighted by molar-refractivity contribution is 7.27. The third-order valence-electron chi connectivity index (χ3n) is 10.4. The van der Waals surface area contributed by atoms with Gasteiger partial charge in [0.2, 0.25) is 0 Å². The molecule has 11 aromatic rings. The number of hydrogen-bond donors (Lipinski definition) is 0. The van der Waals surface area contributed by atoms with Crippen LogP contribution < -0.4 is 0 Å². The highest BCUT2D eigenvalue weighted by Gasteiger charge is 2.22. The van der Waals surface area contributed by atoms with Crippen LogP contribution in [0.5, 0.6) is 0 Å². The molecule has 2 heterocycles. The number of hydrogen-bond acceptors (Lipinski definition) is 2. The lowest BCUT2D eigenvalue weighted by molar-refractivity contribution is 0.670. The fourth-order valence-electron chi connectivity index (χ4n) is 8.30. The summed E-state index contributed by atoms with van der Waals surface area (Å²) in [6.07, 6.45) is 0. The van der Waals surface area contributed by atoms with E-state index in [-0.39, 0.29) is 0 Å². The van der Waals surface area contributed by atoms with Crippen LogP contribution in [0, 0.1) is 0 Å². The van der Waals surface area contributed by atoms with Crippen LogP contribution in [-0.2, 0) is 0 Å². The second-order valence-electron chi connectivity index (χ2n) is 13.2. The van der Waals surface area contributed by atoms with E-state index in [0.29, 0.717) is 0 Å². The molecule has 0 unspecified atom stereocenters. The first kappa shape index (κ1) is 27.7. The maximum absolute atomic E-state index is 6.79. The van der Waals surface area contributed by atoms with Crippen molar-refractivity contribution in [1.82, 2.24) is 0 Å². The van der Waals surface area contributed by atoms with E-state index in [1.165, 1.54) is 80.1 Å². The van der Waals surface area contributed by atoms with Crippen LogP contribution in [0.3, 0.4) is 0 Å². The van der Waals surface area contributed by atoms with Crippen molar-refractivity contribution in [3.63, 3.8) is 0 Å². The molecule has 0 bridgehead atoms. The summed E-state index contributed by atoms with van der Waals surface area (Å²) in [5, 5.41) is 12.5. The quantitative estimate of drug-likeness (QED) is 0.173. The summed E-state index contributed by atoms with van der Waals surface area (Å²) >= 11 is 1.87. The summed E-state index contributed by atoms with van der Waals surface area (Å²) in [4.78, 5) is 0. The fourth-order valence-corrected chi connectivity index (χ4v) is 9.55. The Kier molecular flexibility index (Phi) is 5.89. The summed E-state index contributed by atoms with van der Waals surface area (Å²) < 4.78 is 9.37. The number of thiophene rings is 1. The van der Waals surface area contributed by atoms with E-state index in [9.17, 15) is 0 Å². The summed E-state index contributed by atoms with van der Waals surface area (Å²) in [5.41, 5.74) is 9.09. The summed E-state index contributed by atoms with van der Waals surface area (Å²) in [6, 6.07) is 61.8.